The first-order chi connectivity index (χ1) is 9.17. The predicted octanol–water partition coefficient (Wildman–Crippen LogP) is 2.35. The van der Waals surface area contributed by atoms with E-state index in [1.165, 1.54) is 17.0 Å². The second-order valence-corrected chi connectivity index (χ2v) is 6.36. The third-order valence-corrected chi connectivity index (χ3v) is 3.07. The molecule has 0 aromatic heterocycles. The van der Waals surface area contributed by atoms with Crippen molar-refractivity contribution in [3.63, 3.8) is 0 Å². The molecule has 5 heteroatoms. The van der Waals surface area contributed by atoms with E-state index in [0.717, 1.165) is 5.56 Å². The normalized spacial score (nSPS) is 17.6. The fraction of sp³-hybridized carbons (Fsp3) is 0.533. The lowest BCUT2D eigenvalue weighted by Crippen LogP contribution is -2.65. The van der Waals surface area contributed by atoms with Crippen LogP contribution in [-0.4, -0.2) is 40.4 Å². The van der Waals surface area contributed by atoms with Gasteiger partial charge in [-0.2, -0.15) is 0 Å². The minimum Gasteiger partial charge on any atom is -0.444 e. The maximum absolute atomic E-state index is 12.8. The smallest absolute Gasteiger partial charge is 0.410 e. The Kier molecular flexibility index (Phi) is 3.73. The highest BCUT2D eigenvalue weighted by Gasteiger charge is 2.45. The lowest BCUT2D eigenvalue weighted by molar-refractivity contribution is -0.0973. The highest BCUT2D eigenvalue weighted by Crippen LogP contribution is 2.27. The number of carbonyl (C=O) groups is 1. The van der Waals surface area contributed by atoms with E-state index in [2.05, 4.69) is 0 Å². The van der Waals surface area contributed by atoms with Crippen LogP contribution >= 0.6 is 0 Å². The van der Waals surface area contributed by atoms with Gasteiger partial charge in [-0.25, -0.2) is 9.18 Å². The summed E-state index contributed by atoms with van der Waals surface area (Å²) in [5, 5.41) is 10.3. The van der Waals surface area contributed by atoms with Crippen molar-refractivity contribution in [2.24, 2.45) is 0 Å². The summed E-state index contributed by atoms with van der Waals surface area (Å²) in [6.45, 7) is 5.87. The Morgan fingerprint density at radius 1 is 1.35 bits per heavy atom. The van der Waals surface area contributed by atoms with Crippen molar-refractivity contribution in [3.8, 4) is 0 Å². The lowest BCUT2D eigenvalue weighted by atomic mass is 9.87. The van der Waals surface area contributed by atoms with E-state index in [4.69, 9.17) is 4.74 Å². The van der Waals surface area contributed by atoms with Crippen LogP contribution in [0.25, 0.3) is 0 Å². The summed E-state index contributed by atoms with van der Waals surface area (Å²) in [7, 11) is 0. The number of likely N-dealkylation sites (tertiary alicyclic amines) is 1. The minimum absolute atomic E-state index is 0.235. The number of β-amino-alcohol motifs (C(OH)–C–C–N with tert-alkyl or cyclic N) is 1. The van der Waals surface area contributed by atoms with Gasteiger partial charge in [0, 0.05) is 6.42 Å². The first-order valence-electron chi connectivity index (χ1n) is 6.62. The molecule has 0 saturated carbocycles. The van der Waals surface area contributed by atoms with Crippen molar-refractivity contribution in [1.82, 2.24) is 4.90 Å². The highest BCUT2D eigenvalue weighted by molar-refractivity contribution is 5.69. The van der Waals surface area contributed by atoms with E-state index in [-0.39, 0.29) is 18.9 Å². The molecule has 0 unspecified atom stereocenters. The molecule has 20 heavy (non-hydrogen) atoms. The third kappa shape index (κ3) is 3.70. The maximum atomic E-state index is 12.8. The quantitative estimate of drug-likeness (QED) is 0.905. The maximum Gasteiger partial charge on any atom is 0.410 e. The Bertz CT molecular complexity index is 487. The van der Waals surface area contributed by atoms with Crippen LogP contribution in [-0.2, 0) is 11.2 Å². The van der Waals surface area contributed by atoms with Crippen molar-refractivity contribution in [1.29, 1.82) is 0 Å². The van der Waals surface area contributed by atoms with Crippen molar-refractivity contribution in [3.05, 3.63) is 35.6 Å². The van der Waals surface area contributed by atoms with Gasteiger partial charge in [-0.15, -0.1) is 0 Å². The Labute approximate surface area is 118 Å². The largest absolute Gasteiger partial charge is 0.444 e. The summed E-state index contributed by atoms with van der Waals surface area (Å²) in [6.07, 6.45) is -0.0201. The molecule has 2 rings (SSSR count). The number of carbonyl (C=O) groups excluding carboxylic acids is 1. The molecule has 0 aliphatic carbocycles. The van der Waals surface area contributed by atoms with Crippen LogP contribution in [0.15, 0.2) is 24.3 Å². The average Bonchev–Trinajstić information content (AvgIpc) is 2.26. The Morgan fingerprint density at radius 3 is 2.40 bits per heavy atom. The number of hydrogen-bond acceptors (Lipinski definition) is 3. The summed E-state index contributed by atoms with van der Waals surface area (Å²) in [6, 6.07) is 6.01. The molecular weight excluding hydrogens is 261 g/mol. The van der Waals surface area contributed by atoms with Gasteiger partial charge in [0.1, 0.15) is 17.0 Å². The van der Waals surface area contributed by atoms with Crippen molar-refractivity contribution in [2.45, 2.75) is 38.4 Å². The molecular formula is C15H20FNO3. The van der Waals surface area contributed by atoms with Gasteiger partial charge in [0.2, 0.25) is 0 Å². The zero-order valence-electron chi connectivity index (χ0n) is 12.0. The Hall–Kier alpha value is -1.62. The van der Waals surface area contributed by atoms with Gasteiger partial charge in [0.05, 0.1) is 13.1 Å². The summed E-state index contributed by atoms with van der Waals surface area (Å²) < 4.78 is 18.0. The molecule has 1 aliphatic heterocycles. The number of benzene rings is 1. The number of hydrogen-bond donors (Lipinski definition) is 1. The zero-order valence-corrected chi connectivity index (χ0v) is 12.0. The summed E-state index contributed by atoms with van der Waals surface area (Å²) in [4.78, 5) is 13.2. The Morgan fingerprint density at radius 2 is 1.90 bits per heavy atom. The minimum atomic E-state index is -0.950. The molecule has 1 saturated heterocycles. The molecule has 1 fully saturated rings. The van der Waals surface area contributed by atoms with E-state index in [0.29, 0.717) is 6.42 Å². The van der Waals surface area contributed by atoms with Crippen molar-refractivity contribution in [2.75, 3.05) is 13.1 Å². The fourth-order valence-electron chi connectivity index (χ4n) is 2.21. The van der Waals surface area contributed by atoms with E-state index >= 15 is 0 Å². The van der Waals surface area contributed by atoms with Gasteiger partial charge in [0.15, 0.2) is 0 Å². The van der Waals surface area contributed by atoms with Crippen LogP contribution in [0.2, 0.25) is 0 Å². The number of amides is 1. The topological polar surface area (TPSA) is 49.8 Å². The second-order valence-electron chi connectivity index (χ2n) is 6.36. The summed E-state index contributed by atoms with van der Waals surface area (Å²) >= 11 is 0. The molecule has 0 bridgehead atoms. The third-order valence-electron chi connectivity index (χ3n) is 3.07. The highest BCUT2D eigenvalue weighted by atomic mass is 19.1. The number of rotatable bonds is 2. The monoisotopic (exact) mass is 281 g/mol. The average molecular weight is 281 g/mol. The van der Waals surface area contributed by atoms with E-state index < -0.39 is 17.3 Å². The summed E-state index contributed by atoms with van der Waals surface area (Å²) in [5.41, 5.74) is -0.644. The molecule has 4 nitrogen and oxygen atoms in total. The molecule has 0 atom stereocenters. The van der Waals surface area contributed by atoms with E-state index in [1.807, 2.05) is 0 Å². The number of ether oxygens (including phenoxy) is 1. The molecule has 0 spiro atoms. The van der Waals surface area contributed by atoms with Crippen molar-refractivity contribution >= 4 is 6.09 Å². The zero-order chi connectivity index (χ0) is 15.0. The number of aliphatic hydroxyl groups is 1. The van der Waals surface area contributed by atoms with Crippen LogP contribution in [0.5, 0.6) is 0 Å². The first kappa shape index (κ1) is 14.8. The molecule has 0 radical (unpaired) electrons. The molecule has 1 aliphatic rings. The molecule has 110 valence electrons. The van der Waals surface area contributed by atoms with Crippen LogP contribution in [0.1, 0.15) is 26.3 Å². The van der Waals surface area contributed by atoms with Gasteiger partial charge >= 0.3 is 6.09 Å². The van der Waals surface area contributed by atoms with E-state index in [9.17, 15) is 14.3 Å². The lowest BCUT2D eigenvalue weighted by Gasteiger charge is -2.46. The predicted molar refractivity (Wildman–Crippen MR) is 72.9 cm³/mol. The van der Waals surface area contributed by atoms with Gasteiger partial charge < -0.3 is 14.7 Å². The van der Waals surface area contributed by atoms with Gasteiger partial charge in [0.25, 0.3) is 0 Å². The van der Waals surface area contributed by atoms with Gasteiger partial charge in [-0.1, -0.05) is 12.1 Å². The first-order valence-corrected chi connectivity index (χ1v) is 6.62. The fourth-order valence-corrected chi connectivity index (χ4v) is 2.21. The van der Waals surface area contributed by atoms with Gasteiger partial charge in [-0.3, -0.25) is 0 Å². The van der Waals surface area contributed by atoms with E-state index in [1.54, 1.807) is 32.9 Å². The molecule has 1 aromatic carbocycles. The second kappa shape index (κ2) is 5.05. The molecule has 1 N–H and O–H groups in total. The van der Waals surface area contributed by atoms with Crippen molar-refractivity contribution < 1.29 is 19.0 Å². The van der Waals surface area contributed by atoms with Crippen LogP contribution in [0.3, 0.4) is 0 Å². The number of halogens is 1. The molecule has 1 amide bonds. The molecule has 1 aromatic rings. The Balaban J connectivity index is 1.87. The van der Waals surface area contributed by atoms with Gasteiger partial charge in [-0.05, 0) is 38.5 Å². The van der Waals surface area contributed by atoms with Crippen LogP contribution in [0.4, 0.5) is 9.18 Å². The summed E-state index contributed by atoms with van der Waals surface area (Å²) in [5.74, 6) is -0.301. The van der Waals surface area contributed by atoms with Crippen LogP contribution in [0, 0.1) is 5.82 Å². The number of nitrogens with zero attached hydrogens (tertiary/aromatic N) is 1. The van der Waals surface area contributed by atoms with Crippen LogP contribution < -0.4 is 0 Å². The standard InChI is InChI=1S/C15H20FNO3/c1-14(2,3)20-13(18)17-9-15(19,10-17)8-11-4-6-12(16)7-5-11/h4-7,19H,8-10H2,1-3H3. The molecule has 1 heterocycles. The SMILES string of the molecule is CC(C)(C)OC(=O)N1CC(O)(Cc2ccc(F)cc2)C1.